The molecule has 2 unspecified atom stereocenters. The van der Waals surface area contributed by atoms with Crippen molar-refractivity contribution in [3.05, 3.63) is 12.2 Å². The molecule has 100 valence electrons. The molecule has 1 rings (SSSR count). The Labute approximate surface area is 106 Å². The van der Waals surface area contributed by atoms with E-state index in [0.717, 1.165) is 39.4 Å². The van der Waals surface area contributed by atoms with E-state index in [-0.39, 0.29) is 0 Å². The second kappa shape index (κ2) is 7.85. The Morgan fingerprint density at radius 1 is 1.41 bits per heavy atom. The highest BCUT2D eigenvalue weighted by Crippen LogP contribution is 2.15. The molecule has 0 radical (unpaired) electrons. The van der Waals surface area contributed by atoms with Gasteiger partial charge in [-0.05, 0) is 26.4 Å². The third-order valence-corrected chi connectivity index (χ3v) is 3.29. The van der Waals surface area contributed by atoms with Crippen molar-refractivity contribution in [2.45, 2.75) is 33.2 Å². The van der Waals surface area contributed by atoms with E-state index in [4.69, 9.17) is 4.74 Å². The highest BCUT2D eigenvalue weighted by molar-refractivity contribution is 4.93. The summed E-state index contributed by atoms with van der Waals surface area (Å²) in [6, 6.07) is 0.536. The second-order valence-electron chi connectivity index (χ2n) is 5.14. The lowest BCUT2D eigenvalue weighted by atomic mass is 10.0. The van der Waals surface area contributed by atoms with Crippen molar-refractivity contribution in [3.8, 4) is 0 Å². The molecule has 17 heavy (non-hydrogen) atoms. The molecule has 1 fully saturated rings. The van der Waals surface area contributed by atoms with Crippen LogP contribution in [0.25, 0.3) is 0 Å². The van der Waals surface area contributed by atoms with Crippen molar-refractivity contribution in [3.63, 3.8) is 0 Å². The van der Waals surface area contributed by atoms with Gasteiger partial charge in [-0.15, -0.1) is 0 Å². The fourth-order valence-electron chi connectivity index (χ4n) is 2.35. The van der Waals surface area contributed by atoms with E-state index >= 15 is 0 Å². The first-order valence-electron chi connectivity index (χ1n) is 6.85. The van der Waals surface area contributed by atoms with Crippen LogP contribution in [0.5, 0.6) is 0 Å². The molecule has 0 amide bonds. The van der Waals surface area contributed by atoms with Crippen LogP contribution in [0.2, 0.25) is 0 Å². The molecule has 0 aromatic rings. The van der Waals surface area contributed by atoms with E-state index in [1.165, 1.54) is 12.0 Å². The predicted molar refractivity (Wildman–Crippen MR) is 73.3 cm³/mol. The van der Waals surface area contributed by atoms with Gasteiger partial charge in [0, 0.05) is 25.0 Å². The van der Waals surface area contributed by atoms with Gasteiger partial charge in [0.2, 0.25) is 0 Å². The van der Waals surface area contributed by atoms with Crippen LogP contribution in [0.4, 0.5) is 0 Å². The van der Waals surface area contributed by atoms with E-state index in [1.807, 2.05) is 0 Å². The van der Waals surface area contributed by atoms with Crippen LogP contribution in [-0.4, -0.2) is 50.3 Å². The largest absolute Gasteiger partial charge is 0.379 e. The fourth-order valence-corrected chi connectivity index (χ4v) is 2.35. The van der Waals surface area contributed by atoms with Gasteiger partial charge in [-0.25, -0.2) is 0 Å². The SMILES string of the molecule is C=C(C)CN(CC)CC1COCC1NCCC. The summed E-state index contributed by atoms with van der Waals surface area (Å²) in [4.78, 5) is 2.46. The number of ether oxygens (including phenoxy) is 1. The number of likely N-dealkylation sites (N-methyl/N-ethyl adjacent to an activating group) is 1. The molecule has 1 saturated heterocycles. The highest BCUT2D eigenvalue weighted by atomic mass is 16.5. The van der Waals surface area contributed by atoms with Crippen molar-refractivity contribution in [2.75, 3.05) is 39.4 Å². The van der Waals surface area contributed by atoms with Gasteiger partial charge in [0.15, 0.2) is 0 Å². The van der Waals surface area contributed by atoms with Gasteiger partial charge in [0.1, 0.15) is 0 Å². The number of nitrogens with one attached hydrogen (secondary N) is 1. The van der Waals surface area contributed by atoms with Crippen LogP contribution >= 0.6 is 0 Å². The monoisotopic (exact) mass is 240 g/mol. The Balaban J connectivity index is 2.38. The second-order valence-corrected chi connectivity index (χ2v) is 5.14. The molecule has 0 spiro atoms. The summed E-state index contributed by atoms with van der Waals surface area (Å²) in [7, 11) is 0. The normalized spacial score (nSPS) is 24.5. The first kappa shape index (κ1) is 14.7. The highest BCUT2D eigenvalue weighted by Gasteiger charge is 2.28. The number of rotatable bonds is 8. The molecule has 3 heteroatoms. The lowest BCUT2D eigenvalue weighted by molar-refractivity contribution is 0.171. The summed E-state index contributed by atoms with van der Waals surface area (Å²) in [6.45, 7) is 16.6. The molecular weight excluding hydrogens is 212 g/mol. The zero-order valence-electron chi connectivity index (χ0n) is 11.7. The van der Waals surface area contributed by atoms with Crippen LogP contribution < -0.4 is 5.32 Å². The average molecular weight is 240 g/mol. The summed E-state index contributed by atoms with van der Waals surface area (Å²) >= 11 is 0. The topological polar surface area (TPSA) is 24.5 Å². The summed E-state index contributed by atoms with van der Waals surface area (Å²) < 4.78 is 5.61. The summed E-state index contributed by atoms with van der Waals surface area (Å²) in [5, 5.41) is 3.59. The lowest BCUT2D eigenvalue weighted by Crippen LogP contribution is -2.42. The minimum Gasteiger partial charge on any atom is -0.379 e. The Kier molecular flexibility index (Phi) is 6.78. The van der Waals surface area contributed by atoms with Crippen LogP contribution in [-0.2, 0) is 4.74 Å². The van der Waals surface area contributed by atoms with Gasteiger partial charge >= 0.3 is 0 Å². The van der Waals surface area contributed by atoms with E-state index in [2.05, 4.69) is 37.6 Å². The number of nitrogens with zero attached hydrogens (tertiary/aromatic N) is 1. The molecular formula is C14H28N2O. The zero-order valence-corrected chi connectivity index (χ0v) is 11.7. The standard InChI is InChI=1S/C14H28N2O/c1-5-7-15-14-11-17-10-13(14)9-16(6-2)8-12(3)4/h13-15H,3,5-11H2,1-2,4H3. The maximum absolute atomic E-state index is 5.61. The summed E-state index contributed by atoms with van der Waals surface area (Å²) in [6.07, 6.45) is 1.19. The number of hydrogen-bond acceptors (Lipinski definition) is 3. The van der Waals surface area contributed by atoms with Crippen LogP contribution in [0.3, 0.4) is 0 Å². The zero-order chi connectivity index (χ0) is 12.7. The van der Waals surface area contributed by atoms with E-state index in [9.17, 15) is 0 Å². The maximum atomic E-state index is 5.61. The number of hydrogen-bond donors (Lipinski definition) is 1. The molecule has 0 aromatic carbocycles. The lowest BCUT2D eigenvalue weighted by Gasteiger charge is -2.27. The van der Waals surface area contributed by atoms with Crippen LogP contribution in [0.1, 0.15) is 27.2 Å². The quantitative estimate of drug-likeness (QED) is 0.656. The van der Waals surface area contributed by atoms with Gasteiger partial charge in [-0.1, -0.05) is 26.0 Å². The third kappa shape index (κ3) is 5.19. The molecule has 1 N–H and O–H groups in total. The van der Waals surface area contributed by atoms with Gasteiger partial charge in [0.25, 0.3) is 0 Å². The van der Waals surface area contributed by atoms with E-state index < -0.39 is 0 Å². The van der Waals surface area contributed by atoms with Gasteiger partial charge < -0.3 is 10.1 Å². The van der Waals surface area contributed by atoms with Crippen molar-refractivity contribution in [2.24, 2.45) is 5.92 Å². The predicted octanol–water partition coefficient (Wildman–Crippen LogP) is 1.90. The van der Waals surface area contributed by atoms with Gasteiger partial charge in [-0.3, -0.25) is 4.90 Å². The molecule has 0 aliphatic carbocycles. The van der Waals surface area contributed by atoms with Crippen LogP contribution in [0.15, 0.2) is 12.2 Å². The molecule has 0 aromatic heterocycles. The Morgan fingerprint density at radius 3 is 2.76 bits per heavy atom. The molecule has 1 aliphatic heterocycles. The van der Waals surface area contributed by atoms with Crippen LogP contribution in [0, 0.1) is 5.92 Å². The molecule has 0 saturated carbocycles. The van der Waals surface area contributed by atoms with Crippen molar-refractivity contribution < 1.29 is 4.74 Å². The molecule has 2 atom stereocenters. The average Bonchev–Trinajstić information content (AvgIpc) is 2.72. The van der Waals surface area contributed by atoms with Gasteiger partial charge in [-0.2, -0.15) is 0 Å². The summed E-state index contributed by atoms with van der Waals surface area (Å²) in [5.41, 5.74) is 1.24. The first-order valence-corrected chi connectivity index (χ1v) is 6.85. The molecule has 1 heterocycles. The smallest absolute Gasteiger partial charge is 0.0623 e. The fraction of sp³-hybridized carbons (Fsp3) is 0.857. The molecule has 0 bridgehead atoms. The van der Waals surface area contributed by atoms with E-state index in [1.54, 1.807) is 0 Å². The summed E-state index contributed by atoms with van der Waals surface area (Å²) in [5.74, 6) is 0.626. The minimum absolute atomic E-state index is 0.536. The van der Waals surface area contributed by atoms with E-state index in [0.29, 0.717) is 12.0 Å². The molecule has 1 aliphatic rings. The minimum atomic E-state index is 0.536. The van der Waals surface area contributed by atoms with Crippen molar-refractivity contribution >= 4 is 0 Å². The van der Waals surface area contributed by atoms with Gasteiger partial charge in [0.05, 0.1) is 13.2 Å². The maximum Gasteiger partial charge on any atom is 0.0623 e. The third-order valence-electron chi connectivity index (χ3n) is 3.29. The molecule has 3 nitrogen and oxygen atoms in total. The first-order chi connectivity index (χ1) is 8.17. The van der Waals surface area contributed by atoms with Crippen molar-refractivity contribution in [1.29, 1.82) is 0 Å². The Morgan fingerprint density at radius 2 is 2.18 bits per heavy atom. The Bertz CT molecular complexity index is 230. The Hall–Kier alpha value is -0.380. The van der Waals surface area contributed by atoms with Crippen molar-refractivity contribution in [1.82, 2.24) is 10.2 Å².